The third-order valence-electron chi connectivity index (χ3n) is 2.77. The predicted octanol–water partition coefficient (Wildman–Crippen LogP) is 2.73. The summed E-state index contributed by atoms with van der Waals surface area (Å²) < 4.78 is 5.30. The molecule has 0 aliphatic heterocycles. The van der Waals surface area contributed by atoms with Gasteiger partial charge in [-0.3, -0.25) is 0 Å². The van der Waals surface area contributed by atoms with Crippen LogP contribution in [-0.2, 0) is 6.42 Å². The molecule has 0 heterocycles. The van der Waals surface area contributed by atoms with E-state index < -0.39 is 0 Å². The van der Waals surface area contributed by atoms with Crippen molar-refractivity contribution in [2.24, 2.45) is 0 Å². The number of hydrogen-bond donors (Lipinski definition) is 2. The molecule has 0 spiro atoms. The van der Waals surface area contributed by atoms with Gasteiger partial charge in [0.05, 0.1) is 7.11 Å². The van der Waals surface area contributed by atoms with Gasteiger partial charge in [0.15, 0.2) is 0 Å². The van der Waals surface area contributed by atoms with Gasteiger partial charge >= 0.3 is 6.03 Å². The predicted molar refractivity (Wildman–Crippen MR) is 77.6 cm³/mol. The number of ether oxygens (including phenoxy) is 1. The second kappa shape index (κ2) is 8.40. The van der Waals surface area contributed by atoms with Gasteiger partial charge in [0.25, 0.3) is 0 Å². The van der Waals surface area contributed by atoms with E-state index in [1.165, 1.54) is 5.56 Å². The van der Waals surface area contributed by atoms with Gasteiger partial charge in [-0.15, -0.1) is 0 Å². The number of carbonyl (C=O) groups excluding carboxylic acids is 1. The molecule has 1 aromatic carbocycles. The molecule has 1 rings (SSSR count). The normalized spacial score (nSPS) is 10.3. The molecule has 0 saturated heterocycles. The zero-order valence-corrected chi connectivity index (χ0v) is 12.0. The highest BCUT2D eigenvalue weighted by Crippen LogP contribution is 2.19. The summed E-state index contributed by atoms with van der Waals surface area (Å²) in [5.74, 6) is 0.938. The standard InChI is InChI=1S/C15H24N2O2/c1-12(2)17-15(18)16-11-7-6-9-13-8-4-5-10-14(13)19-3/h4-5,8,10,12H,6-7,9,11H2,1-3H3,(H2,16,17,18). The fraction of sp³-hybridized carbons (Fsp3) is 0.533. The number of unbranched alkanes of at least 4 members (excludes halogenated alkanes) is 1. The summed E-state index contributed by atoms with van der Waals surface area (Å²) in [5.41, 5.74) is 1.22. The number of methoxy groups -OCH3 is 1. The van der Waals surface area contributed by atoms with E-state index in [4.69, 9.17) is 4.74 Å². The average Bonchev–Trinajstić information content (AvgIpc) is 2.38. The first-order valence-electron chi connectivity index (χ1n) is 6.79. The summed E-state index contributed by atoms with van der Waals surface area (Å²) in [6.07, 6.45) is 2.96. The number of benzene rings is 1. The Morgan fingerprint density at radius 1 is 1.26 bits per heavy atom. The maximum absolute atomic E-state index is 11.3. The van der Waals surface area contributed by atoms with Crippen LogP contribution in [-0.4, -0.2) is 25.7 Å². The van der Waals surface area contributed by atoms with Crippen molar-refractivity contribution in [2.75, 3.05) is 13.7 Å². The third-order valence-corrected chi connectivity index (χ3v) is 2.77. The second-order valence-corrected chi connectivity index (χ2v) is 4.82. The molecule has 0 aliphatic rings. The first-order chi connectivity index (χ1) is 9.13. The van der Waals surface area contributed by atoms with E-state index >= 15 is 0 Å². The van der Waals surface area contributed by atoms with Gasteiger partial charge in [-0.05, 0) is 44.7 Å². The number of carbonyl (C=O) groups is 1. The van der Waals surface area contributed by atoms with Gasteiger partial charge in [0, 0.05) is 12.6 Å². The fourth-order valence-electron chi connectivity index (χ4n) is 1.87. The van der Waals surface area contributed by atoms with Crippen LogP contribution in [0, 0.1) is 0 Å². The largest absolute Gasteiger partial charge is 0.496 e. The van der Waals surface area contributed by atoms with Crippen molar-refractivity contribution in [3.63, 3.8) is 0 Å². The number of urea groups is 1. The molecule has 0 fully saturated rings. The van der Waals surface area contributed by atoms with Crippen LogP contribution in [0.4, 0.5) is 4.79 Å². The highest BCUT2D eigenvalue weighted by Gasteiger charge is 2.03. The summed E-state index contributed by atoms with van der Waals surface area (Å²) in [6, 6.07) is 8.13. The van der Waals surface area contributed by atoms with Crippen LogP contribution in [0.25, 0.3) is 0 Å². The van der Waals surface area contributed by atoms with Gasteiger partial charge in [-0.25, -0.2) is 4.79 Å². The Labute approximate surface area is 115 Å². The van der Waals surface area contributed by atoms with E-state index in [-0.39, 0.29) is 12.1 Å². The van der Waals surface area contributed by atoms with E-state index in [1.807, 2.05) is 32.0 Å². The van der Waals surface area contributed by atoms with Gasteiger partial charge in [0.2, 0.25) is 0 Å². The van der Waals surface area contributed by atoms with Crippen molar-refractivity contribution in [3.8, 4) is 5.75 Å². The van der Waals surface area contributed by atoms with Gasteiger partial charge < -0.3 is 15.4 Å². The topological polar surface area (TPSA) is 50.4 Å². The minimum absolute atomic E-state index is 0.0905. The van der Waals surface area contributed by atoms with Crippen molar-refractivity contribution in [2.45, 2.75) is 39.2 Å². The molecule has 2 N–H and O–H groups in total. The minimum atomic E-state index is -0.0905. The molecule has 0 bridgehead atoms. The van der Waals surface area contributed by atoms with Crippen molar-refractivity contribution in [1.29, 1.82) is 0 Å². The van der Waals surface area contributed by atoms with Crippen LogP contribution in [0.1, 0.15) is 32.3 Å². The number of hydrogen-bond acceptors (Lipinski definition) is 2. The smallest absolute Gasteiger partial charge is 0.314 e. The number of amides is 2. The van der Waals surface area contributed by atoms with E-state index in [2.05, 4.69) is 16.7 Å². The summed E-state index contributed by atoms with van der Waals surface area (Å²) in [5, 5.41) is 5.65. The van der Waals surface area contributed by atoms with Crippen molar-refractivity contribution < 1.29 is 9.53 Å². The maximum Gasteiger partial charge on any atom is 0.314 e. The van der Waals surface area contributed by atoms with Gasteiger partial charge in [-0.1, -0.05) is 18.2 Å². The maximum atomic E-state index is 11.3. The van der Waals surface area contributed by atoms with E-state index in [1.54, 1.807) is 7.11 Å². The zero-order chi connectivity index (χ0) is 14.1. The quantitative estimate of drug-likeness (QED) is 0.744. The Morgan fingerprint density at radius 3 is 2.68 bits per heavy atom. The molecule has 0 saturated carbocycles. The van der Waals surface area contributed by atoms with Crippen LogP contribution in [0.3, 0.4) is 0 Å². The molecule has 4 nitrogen and oxygen atoms in total. The van der Waals surface area contributed by atoms with Crippen molar-refractivity contribution in [1.82, 2.24) is 10.6 Å². The third kappa shape index (κ3) is 6.13. The first-order valence-corrected chi connectivity index (χ1v) is 6.79. The lowest BCUT2D eigenvalue weighted by molar-refractivity contribution is 0.238. The van der Waals surface area contributed by atoms with E-state index in [9.17, 15) is 4.79 Å². The molecule has 106 valence electrons. The molecule has 0 radical (unpaired) electrons. The highest BCUT2D eigenvalue weighted by atomic mass is 16.5. The second-order valence-electron chi connectivity index (χ2n) is 4.82. The highest BCUT2D eigenvalue weighted by molar-refractivity contribution is 5.73. The van der Waals surface area contributed by atoms with Crippen LogP contribution >= 0.6 is 0 Å². The summed E-state index contributed by atoms with van der Waals surface area (Å²) in [4.78, 5) is 11.3. The van der Waals surface area contributed by atoms with Crippen LogP contribution in [0.2, 0.25) is 0 Å². The Bertz CT molecular complexity index is 391. The molecule has 0 unspecified atom stereocenters. The van der Waals surface area contributed by atoms with Crippen LogP contribution in [0.15, 0.2) is 24.3 Å². The Kier molecular flexibility index (Phi) is 6.79. The number of para-hydroxylation sites is 1. The Morgan fingerprint density at radius 2 is 2.00 bits per heavy atom. The Hall–Kier alpha value is -1.71. The molecule has 0 aromatic heterocycles. The average molecular weight is 264 g/mol. The van der Waals surface area contributed by atoms with Gasteiger partial charge in [-0.2, -0.15) is 0 Å². The molecule has 0 aliphatic carbocycles. The monoisotopic (exact) mass is 264 g/mol. The lowest BCUT2D eigenvalue weighted by Crippen LogP contribution is -2.39. The molecule has 2 amide bonds. The van der Waals surface area contributed by atoms with Crippen LogP contribution in [0.5, 0.6) is 5.75 Å². The molecular weight excluding hydrogens is 240 g/mol. The molecule has 0 atom stereocenters. The Balaban J connectivity index is 2.19. The van der Waals surface area contributed by atoms with E-state index in [0.717, 1.165) is 25.0 Å². The number of rotatable bonds is 7. The summed E-state index contributed by atoms with van der Waals surface area (Å²) in [7, 11) is 1.69. The molecule has 4 heteroatoms. The summed E-state index contributed by atoms with van der Waals surface area (Å²) in [6.45, 7) is 4.59. The van der Waals surface area contributed by atoms with E-state index in [0.29, 0.717) is 6.54 Å². The SMILES string of the molecule is COc1ccccc1CCCCNC(=O)NC(C)C. The zero-order valence-electron chi connectivity index (χ0n) is 12.0. The number of aryl methyl sites for hydroxylation is 1. The molecule has 19 heavy (non-hydrogen) atoms. The van der Waals surface area contributed by atoms with Gasteiger partial charge in [0.1, 0.15) is 5.75 Å². The number of nitrogens with one attached hydrogen (secondary N) is 2. The lowest BCUT2D eigenvalue weighted by Gasteiger charge is -2.10. The van der Waals surface area contributed by atoms with Crippen molar-refractivity contribution in [3.05, 3.63) is 29.8 Å². The molecular formula is C15H24N2O2. The van der Waals surface area contributed by atoms with Crippen LogP contribution < -0.4 is 15.4 Å². The fourth-order valence-corrected chi connectivity index (χ4v) is 1.87. The first kappa shape index (κ1) is 15.3. The summed E-state index contributed by atoms with van der Waals surface area (Å²) >= 11 is 0. The molecule has 1 aromatic rings. The minimum Gasteiger partial charge on any atom is -0.496 e. The van der Waals surface area contributed by atoms with Crippen molar-refractivity contribution >= 4 is 6.03 Å². The lowest BCUT2D eigenvalue weighted by atomic mass is 10.1.